The minimum absolute atomic E-state index is 0.301. The Kier molecular flexibility index (Phi) is 10.3. The molecule has 1 rings (SSSR count). The van der Waals surface area contributed by atoms with E-state index in [1.54, 1.807) is 0 Å². The van der Waals surface area contributed by atoms with Crippen LogP contribution in [0.4, 0.5) is 0 Å². The second kappa shape index (κ2) is 10.5. The van der Waals surface area contributed by atoms with Gasteiger partial charge >= 0.3 is 0 Å². The Bertz CT molecular complexity index is 229. The van der Waals surface area contributed by atoms with Gasteiger partial charge in [-0.15, -0.1) is 0 Å². The number of aliphatic hydroxyl groups is 1. The summed E-state index contributed by atoms with van der Waals surface area (Å²) in [5.74, 6) is 0.763. The van der Waals surface area contributed by atoms with Gasteiger partial charge in [-0.1, -0.05) is 27.7 Å². The fourth-order valence-electron chi connectivity index (χ4n) is 2.50. The molecule has 0 aromatic rings. The second-order valence-electron chi connectivity index (χ2n) is 4.90. The lowest BCUT2D eigenvalue weighted by molar-refractivity contribution is 0.0716. The zero-order valence-electron chi connectivity index (χ0n) is 12.9. The van der Waals surface area contributed by atoms with Crippen molar-refractivity contribution in [3.8, 4) is 0 Å². The van der Waals surface area contributed by atoms with Crippen molar-refractivity contribution in [2.45, 2.75) is 59.4 Å². The van der Waals surface area contributed by atoms with Crippen molar-refractivity contribution in [3.63, 3.8) is 0 Å². The molecule has 3 nitrogen and oxygen atoms in total. The number of piperidine rings is 1. The quantitative estimate of drug-likeness (QED) is 0.768. The van der Waals surface area contributed by atoms with Crippen molar-refractivity contribution < 1.29 is 5.11 Å². The molecule has 0 aliphatic carbocycles. The SMILES string of the molecule is CC.CCC(CCN1CCC(C)CC1CO)=NC. The Balaban J connectivity index is 0.00000137. The Morgan fingerprint density at radius 2 is 2.06 bits per heavy atom. The molecule has 1 aliphatic rings. The molecule has 2 atom stereocenters. The number of likely N-dealkylation sites (tertiary alicyclic amines) is 1. The Labute approximate surface area is 113 Å². The number of hydrogen-bond donors (Lipinski definition) is 1. The van der Waals surface area contributed by atoms with Gasteiger partial charge in [-0.25, -0.2) is 0 Å². The van der Waals surface area contributed by atoms with Gasteiger partial charge < -0.3 is 5.11 Å². The zero-order valence-corrected chi connectivity index (χ0v) is 12.9. The van der Waals surface area contributed by atoms with Gasteiger partial charge in [0.2, 0.25) is 0 Å². The minimum atomic E-state index is 0.301. The Morgan fingerprint density at radius 1 is 1.39 bits per heavy atom. The summed E-state index contributed by atoms with van der Waals surface area (Å²) in [5, 5.41) is 9.39. The fourth-order valence-corrected chi connectivity index (χ4v) is 2.50. The van der Waals surface area contributed by atoms with Crippen LogP contribution in [-0.2, 0) is 0 Å². The lowest BCUT2D eigenvalue weighted by Crippen LogP contribution is -2.45. The first-order chi connectivity index (χ1) is 8.71. The van der Waals surface area contributed by atoms with Crippen LogP contribution < -0.4 is 0 Å². The van der Waals surface area contributed by atoms with E-state index in [0.717, 1.165) is 38.3 Å². The van der Waals surface area contributed by atoms with Crippen LogP contribution in [0.2, 0.25) is 0 Å². The molecule has 2 unspecified atom stereocenters. The molecule has 0 aromatic carbocycles. The molecule has 1 aliphatic heterocycles. The van der Waals surface area contributed by atoms with Crippen LogP contribution in [0.1, 0.15) is 53.4 Å². The van der Waals surface area contributed by atoms with Crippen LogP contribution in [0.3, 0.4) is 0 Å². The molecule has 0 saturated carbocycles. The topological polar surface area (TPSA) is 35.8 Å². The van der Waals surface area contributed by atoms with Gasteiger partial charge in [0.1, 0.15) is 0 Å². The van der Waals surface area contributed by atoms with E-state index in [1.807, 2.05) is 20.9 Å². The van der Waals surface area contributed by atoms with Crippen molar-refractivity contribution in [1.82, 2.24) is 4.90 Å². The molecule has 0 spiro atoms. The molecule has 1 saturated heterocycles. The molecule has 0 amide bonds. The highest BCUT2D eigenvalue weighted by molar-refractivity contribution is 5.84. The van der Waals surface area contributed by atoms with Crippen molar-refractivity contribution in [2.24, 2.45) is 10.9 Å². The summed E-state index contributed by atoms with van der Waals surface area (Å²) >= 11 is 0. The van der Waals surface area contributed by atoms with Crippen LogP contribution in [0.5, 0.6) is 0 Å². The summed E-state index contributed by atoms with van der Waals surface area (Å²) in [7, 11) is 1.88. The molecule has 108 valence electrons. The second-order valence-corrected chi connectivity index (χ2v) is 4.90. The average Bonchev–Trinajstić information content (AvgIpc) is 2.43. The van der Waals surface area contributed by atoms with Crippen LogP contribution >= 0.6 is 0 Å². The van der Waals surface area contributed by atoms with Gasteiger partial charge in [-0.3, -0.25) is 9.89 Å². The summed E-state index contributed by atoms with van der Waals surface area (Å²) in [5.41, 5.74) is 1.29. The molecule has 3 heteroatoms. The van der Waals surface area contributed by atoms with Crippen LogP contribution in [0, 0.1) is 5.92 Å². The summed E-state index contributed by atoms with van der Waals surface area (Å²) in [6.45, 7) is 10.9. The van der Waals surface area contributed by atoms with E-state index in [0.29, 0.717) is 12.6 Å². The van der Waals surface area contributed by atoms with Crippen molar-refractivity contribution >= 4 is 5.71 Å². The molecular weight excluding hydrogens is 224 g/mol. The van der Waals surface area contributed by atoms with Gasteiger partial charge in [-0.05, 0) is 38.1 Å². The lowest BCUT2D eigenvalue weighted by atomic mass is 9.92. The van der Waals surface area contributed by atoms with Gasteiger partial charge in [0.15, 0.2) is 0 Å². The van der Waals surface area contributed by atoms with Gasteiger partial charge in [0.05, 0.1) is 6.61 Å². The predicted octanol–water partition coefficient (Wildman–Crippen LogP) is 2.98. The lowest BCUT2D eigenvalue weighted by Gasteiger charge is -2.37. The van der Waals surface area contributed by atoms with E-state index in [9.17, 15) is 5.11 Å². The first-order valence-electron chi connectivity index (χ1n) is 7.50. The largest absolute Gasteiger partial charge is 0.395 e. The first-order valence-corrected chi connectivity index (χ1v) is 7.50. The van der Waals surface area contributed by atoms with Crippen molar-refractivity contribution in [2.75, 3.05) is 26.7 Å². The summed E-state index contributed by atoms with van der Waals surface area (Å²) in [4.78, 5) is 6.72. The highest BCUT2D eigenvalue weighted by Crippen LogP contribution is 2.22. The average molecular weight is 256 g/mol. The smallest absolute Gasteiger partial charge is 0.0586 e. The molecule has 1 N–H and O–H groups in total. The summed E-state index contributed by atoms with van der Waals surface area (Å²) in [6.07, 6.45) is 4.50. The molecular formula is C15H32N2O. The van der Waals surface area contributed by atoms with E-state index in [-0.39, 0.29) is 0 Å². The molecule has 1 heterocycles. The van der Waals surface area contributed by atoms with Gasteiger partial charge in [-0.2, -0.15) is 0 Å². The van der Waals surface area contributed by atoms with E-state index in [1.165, 1.54) is 12.1 Å². The highest BCUT2D eigenvalue weighted by atomic mass is 16.3. The van der Waals surface area contributed by atoms with Crippen LogP contribution in [0.25, 0.3) is 0 Å². The Morgan fingerprint density at radius 3 is 2.56 bits per heavy atom. The maximum Gasteiger partial charge on any atom is 0.0586 e. The molecule has 18 heavy (non-hydrogen) atoms. The van der Waals surface area contributed by atoms with E-state index >= 15 is 0 Å². The summed E-state index contributed by atoms with van der Waals surface area (Å²) in [6, 6.07) is 0.374. The maximum absolute atomic E-state index is 9.39. The van der Waals surface area contributed by atoms with E-state index < -0.39 is 0 Å². The minimum Gasteiger partial charge on any atom is -0.395 e. The number of rotatable bonds is 5. The van der Waals surface area contributed by atoms with Crippen molar-refractivity contribution in [1.29, 1.82) is 0 Å². The summed E-state index contributed by atoms with van der Waals surface area (Å²) < 4.78 is 0. The molecule has 0 bridgehead atoms. The van der Waals surface area contributed by atoms with Crippen LogP contribution in [0.15, 0.2) is 4.99 Å². The number of hydrogen-bond acceptors (Lipinski definition) is 3. The first kappa shape index (κ1) is 17.6. The fraction of sp³-hybridized carbons (Fsp3) is 0.933. The molecule has 0 radical (unpaired) electrons. The normalized spacial score (nSPS) is 25.6. The third-order valence-corrected chi connectivity index (χ3v) is 3.72. The Hall–Kier alpha value is -0.410. The maximum atomic E-state index is 9.39. The zero-order chi connectivity index (χ0) is 14.0. The van der Waals surface area contributed by atoms with E-state index in [4.69, 9.17) is 0 Å². The predicted molar refractivity (Wildman–Crippen MR) is 80.5 cm³/mol. The van der Waals surface area contributed by atoms with E-state index in [2.05, 4.69) is 23.7 Å². The third-order valence-electron chi connectivity index (χ3n) is 3.72. The standard InChI is InChI=1S/C13H26N2O.C2H6/c1-4-12(14-3)6-8-15-7-5-11(2)9-13(15)10-16;1-2/h11,13,16H,4-10H2,1-3H3;1-2H3. The number of nitrogens with zero attached hydrogens (tertiary/aromatic N) is 2. The van der Waals surface area contributed by atoms with Gasteiger partial charge in [0, 0.05) is 25.3 Å². The number of aliphatic hydroxyl groups excluding tert-OH is 1. The third kappa shape index (κ3) is 5.96. The monoisotopic (exact) mass is 256 g/mol. The molecule has 0 aromatic heterocycles. The van der Waals surface area contributed by atoms with Gasteiger partial charge in [0.25, 0.3) is 0 Å². The van der Waals surface area contributed by atoms with Crippen molar-refractivity contribution in [3.05, 3.63) is 0 Å². The highest BCUT2D eigenvalue weighted by Gasteiger charge is 2.25. The number of aliphatic imine (C=N–C) groups is 1. The molecule has 1 fully saturated rings. The van der Waals surface area contributed by atoms with Crippen LogP contribution in [-0.4, -0.2) is 48.5 Å².